The molecule has 0 atom stereocenters. The van der Waals surface area contributed by atoms with Gasteiger partial charge in [0.2, 0.25) is 0 Å². The van der Waals surface area contributed by atoms with Crippen LogP contribution >= 0.6 is 0 Å². The number of phenolic OH excluding ortho intramolecular Hbond substituents is 1. The number of likely N-dealkylation sites (tertiary alicyclic amines) is 1. The van der Waals surface area contributed by atoms with Gasteiger partial charge >= 0.3 is 0 Å². The summed E-state index contributed by atoms with van der Waals surface area (Å²) in [5.41, 5.74) is 6.78. The first kappa shape index (κ1) is 10.6. The largest absolute Gasteiger partial charge is 0.508 e. The Labute approximate surface area is 100 Å². The number of nitrogens with two attached hydrogens (primary N) is 1. The van der Waals surface area contributed by atoms with Crippen LogP contribution in [0.2, 0.25) is 0 Å². The van der Waals surface area contributed by atoms with E-state index in [4.69, 9.17) is 5.73 Å². The van der Waals surface area contributed by atoms with Crippen LogP contribution < -0.4 is 5.73 Å². The molecule has 0 amide bonds. The van der Waals surface area contributed by atoms with Gasteiger partial charge in [-0.25, -0.2) is 0 Å². The second kappa shape index (κ2) is 4.02. The monoisotopic (exact) mass is 228 g/mol. The van der Waals surface area contributed by atoms with Crippen molar-refractivity contribution < 1.29 is 5.11 Å². The fourth-order valence-corrected chi connectivity index (χ4v) is 2.45. The highest BCUT2D eigenvalue weighted by Gasteiger charge is 2.24. The van der Waals surface area contributed by atoms with Crippen LogP contribution in [0.5, 0.6) is 5.75 Å². The molecular weight excluding hydrogens is 212 g/mol. The van der Waals surface area contributed by atoms with E-state index in [0.29, 0.717) is 11.8 Å². The van der Waals surface area contributed by atoms with Crippen LogP contribution in [0.4, 0.5) is 0 Å². The van der Waals surface area contributed by atoms with Crippen molar-refractivity contribution in [3.05, 3.63) is 42.0 Å². The van der Waals surface area contributed by atoms with Crippen LogP contribution in [0.3, 0.4) is 0 Å². The van der Waals surface area contributed by atoms with Crippen molar-refractivity contribution >= 4 is 10.8 Å². The van der Waals surface area contributed by atoms with Crippen molar-refractivity contribution in [3.8, 4) is 5.75 Å². The molecule has 1 heterocycles. The summed E-state index contributed by atoms with van der Waals surface area (Å²) in [6.45, 7) is 2.62. The van der Waals surface area contributed by atoms with Gasteiger partial charge in [-0.3, -0.25) is 4.90 Å². The van der Waals surface area contributed by atoms with Gasteiger partial charge in [-0.1, -0.05) is 30.3 Å². The first-order valence-corrected chi connectivity index (χ1v) is 5.91. The molecule has 2 aromatic carbocycles. The number of nitrogens with zero attached hydrogens (tertiary/aromatic N) is 1. The lowest BCUT2D eigenvalue weighted by molar-refractivity contribution is 0.142. The second-order valence-electron chi connectivity index (χ2n) is 4.74. The molecule has 0 unspecified atom stereocenters. The average molecular weight is 228 g/mol. The maximum Gasteiger partial charge on any atom is 0.120 e. The summed E-state index contributed by atoms with van der Waals surface area (Å²) >= 11 is 0. The Morgan fingerprint density at radius 1 is 1.18 bits per heavy atom. The normalized spacial score (nSPS) is 17.2. The molecule has 0 saturated carbocycles. The zero-order chi connectivity index (χ0) is 11.8. The Kier molecular flexibility index (Phi) is 2.50. The van der Waals surface area contributed by atoms with E-state index < -0.39 is 0 Å². The molecule has 1 fully saturated rings. The zero-order valence-electron chi connectivity index (χ0n) is 9.63. The molecule has 1 saturated heterocycles. The Balaban J connectivity index is 1.99. The van der Waals surface area contributed by atoms with Crippen molar-refractivity contribution in [3.63, 3.8) is 0 Å². The SMILES string of the molecule is NC1CN(Cc2c(O)ccc3ccccc23)C1. The number of phenols is 1. The van der Waals surface area contributed by atoms with Crippen LogP contribution in [-0.4, -0.2) is 29.1 Å². The van der Waals surface area contributed by atoms with E-state index in [2.05, 4.69) is 17.0 Å². The third-order valence-electron chi connectivity index (χ3n) is 3.38. The number of hydrogen-bond acceptors (Lipinski definition) is 3. The van der Waals surface area contributed by atoms with Crippen molar-refractivity contribution in [2.75, 3.05) is 13.1 Å². The predicted octanol–water partition coefficient (Wildman–Crippen LogP) is 1.69. The zero-order valence-corrected chi connectivity index (χ0v) is 9.63. The van der Waals surface area contributed by atoms with E-state index in [-0.39, 0.29) is 0 Å². The van der Waals surface area contributed by atoms with Gasteiger partial charge in [0.1, 0.15) is 5.75 Å². The summed E-state index contributed by atoms with van der Waals surface area (Å²) in [6.07, 6.45) is 0. The minimum Gasteiger partial charge on any atom is -0.508 e. The number of aromatic hydroxyl groups is 1. The molecule has 3 heteroatoms. The second-order valence-corrected chi connectivity index (χ2v) is 4.74. The summed E-state index contributed by atoms with van der Waals surface area (Å²) in [4.78, 5) is 2.26. The summed E-state index contributed by atoms with van der Waals surface area (Å²) < 4.78 is 0. The lowest BCUT2D eigenvalue weighted by Gasteiger charge is -2.37. The van der Waals surface area contributed by atoms with Gasteiger partial charge in [-0.2, -0.15) is 0 Å². The number of rotatable bonds is 2. The number of hydrogen-bond donors (Lipinski definition) is 2. The van der Waals surface area contributed by atoms with E-state index in [9.17, 15) is 5.11 Å². The van der Waals surface area contributed by atoms with Gasteiger partial charge < -0.3 is 10.8 Å². The van der Waals surface area contributed by atoms with Crippen LogP contribution in [0.1, 0.15) is 5.56 Å². The highest BCUT2D eigenvalue weighted by atomic mass is 16.3. The molecule has 0 spiro atoms. The fourth-order valence-electron chi connectivity index (χ4n) is 2.45. The molecule has 0 bridgehead atoms. The quantitative estimate of drug-likeness (QED) is 0.822. The van der Waals surface area contributed by atoms with E-state index in [0.717, 1.165) is 30.6 Å². The van der Waals surface area contributed by atoms with E-state index >= 15 is 0 Å². The standard InChI is InChI=1S/C14H16N2O/c15-11-7-16(8-11)9-13-12-4-2-1-3-10(12)5-6-14(13)17/h1-6,11,17H,7-9,15H2. The summed E-state index contributed by atoms with van der Waals surface area (Å²) in [7, 11) is 0. The molecule has 3 nitrogen and oxygen atoms in total. The van der Waals surface area contributed by atoms with Gasteiger partial charge in [0, 0.05) is 31.2 Å². The molecule has 1 aliphatic rings. The van der Waals surface area contributed by atoms with E-state index in [1.807, 2.05) is 18.2 Å². The molecule has 88 valence electrons. The van der Waals surface area contributed by atoms with Crippen molar-refractivity contribution in [1.82, 2.24) is 4.90 Å². The topological polar surface area (TPSA) is 49.5 Å². The molecule has 2 aromatic rings. The average Bonchev–Trinajstić information content (AvgIpc) is 2.30. The Morgan fingerprint density at radius 2 is 1.94 bits per heavy atom. The Hall–Kier alpha value is -1.58. The lowest BCUT2D eigenvalue weighted by atomic mass is 10.0. The highest BCUT2D eigenvalue weighted by molar-refractivity contribution is 5.87. The Morgan fingerprint density at radius 3 is 2.71 bits per heavy atom. The fraction of sp³-hybridized carbons (Fsp3) is 0.286. The molecule has 3 N–H and O–H groups in total. The van der Waals surface area contributed by atoms with Crippen molar-refractivity contribution in [2.45, 2.75) is 12.6 Å². The smallest absolute Gasteiger partial charge is 0.120 e. The van der Waals surface area contributed by atoms with Crippen molar-refractivity contribution in [2.24, 2.45) is 5.73 Å². The van der Waals surface area contributed by atoms with Crippen LogP contribution in [0.15, 0.2) is 36.4 Å². The molecular formula is C14H16N2O. The summed E-state index contributed by atoms with van der Waals surface area (Å²) in [5.74, 6) is 0.379. The lowest BCUT2D eigenvalue weighted by Crippen LogP contribution is -2.54. The number of benzene rings is 2. The van der Waals surface area contributed by atoms with Crippen LogP contribution in [0, 0.1) is 0 Å². The first-order chi connectivity index (χ1) is 8.24. The third-order valence-corrected chi connectivity index (χ3v) is 3.38. The molecule has 0 radical (unpaired) electrons. The minimum atomic E-state index is 0.298. The van der Waals surface area contributed by atoms with E-state index in [1.165, 1.54) is 5.39 Å². The predicted molar refractivity (Wildman–Crippen MR) is 68.9 cm³/mol. The Bertz CT molecular complexity index is 547. The first-order valence-electron chi connectivity index (χ1n) is 5.91. The maximum absolute atomic E-state index is 9.99. The highest BCUT2D eigenvalue weighted by Crippen LogP contribution is 2.29. The van der Waals surface area contributed by atoms with Crippen LogP contribution in [-0.2, 0) is 6.54 Å². The van der Waals surface area contributed by atoms with E-state index in [1.54, 1.807) is 6.07 Å². The molecule has 3 rings (SSSR count). The third kappa shape index (κ3) is 1.88. The van der Waals surface area contributed by atoms with Gasteiger partial charge in [0.15, 0.2) is 0 Å². The summed E-state index contributed by atoms with van der Waals surface area (Å²) in [5, 5.41) is 12.3. The van der Waals surface area contributed by atoms with Gasteiger partial charge in [0.05, 0.1) is 0 Å². The molecule has 0 aromatic heterocycles. The molecule has 0 aliphatic carbocycles. The van der Waals surface area contributed by atoms with Gasteiger partial charge in [-0.05, 0) is 16.8 Å². The van der Waals surface area contributed by atoms with Gasteiger partial charge in [-0.15, -0.1) is 0 Å². The maximum atomic E-state index is 9.99. The molecule has 17 heavy (non-hydrogen) atoms. The molecule has 1 aliphatic heterocycles. The number of fused-ring (bicyclic) bond motifs is 1. The van der Waals surface area contributed by atoms with Gasteiger partial charge in [0.25, 0.3) is 0 Å². The summed E-state index contributed by atoms with van der Waals surface area (Å²) in [6, 6.07) is 12.2. The van der Waals surface area contributed by atoms with Crippen molar-refractivity contribution in [1.29, 1.82) is 0 Å². The van der Waals surface area contributed by atoms with Crippen LogP contribution in [0.25, 0.3) is 10.8 Å². The minimum absolute atomic E-state index is 0.298.